The normalized spacial score (nSPS) is 19.5. The second-order valence-electron chi connectivity index (χ2n) is 8.15. The molecule has 4 amide bonds. The van der Waals surface area contributed by atoms with E-state index in [2.05, 4.69) is 10.6 Å². The van der Waals surface area contributed by atoms with Crippen molar-refractivity contribution in [3.63, 3.8) is 0 Å². The molecule has 4 rings (SSSR count). The monoisotopic (exact) mass is 419 g/mol. The van der Waals surface area contributed by atoms with E-state index in [1.807, 2.05) is 43.3 Å². The molecule has 160 valence electrons. The predicted molar refractivity (Wildman–Crippen MR) is 115 cm³/mol. The minimum Gasteiger partial charge on any atom is -0.346 e. The van der Waals surface area contributed by atoms with E-state index >= 15 is 0 Å². The smallest absolute Gasteiger partial charge is 0.251 e. The first-order valence-electron chi connectivity index (χ1n) is 10.5. The van der Waals surface area contributed by atoms with Gasteiger partial charge in [0.1, 0.15) is 0 Å². The summed E-state index contributed by atoms with van der Waals surface area (Å²) in [6, 6.07) is 14.6. The van der Waals surface area contributed by atoms with Crippen LogP contribution in [-0.4, -0.2) is 30.2 Å². The van der Waals surface area contributed by atoms with Crippen LogP contribution in [0.15, 0.2) is 48.5 Å². The van der Waals surface area contributed by atoms with Crippen LogP contribution in [0, 0.1) is 5.92 Å². The topological polar surface area (TPSA) is 95.6 Å². The minimum atomic E-state index is -0.342. The summed E-state index contributed by atoms with van der Waals surface area (Å²) in [4.78, 5) is 49.3. The lowest BCUT2D eigenvalue weighted by Crippen LogP contribution is -2.27. The molecular formula is C24H25N3O4. The number of hydrogen-bond acceptors (Lipinski definition) is 4. The highest BCUT2D eigenvalue weighted by molar-refractivity contribution is 6.03. The SMILES string of the molecule is CC(NC(=O)c1ccc(CC2CC(=O)NC2=O)cc1)c1ccc(N2CCCC2=O)cc1. The van der Waals surface area contributed by atoms with Crippen molar-refractivity contribution in [3.8, 4) is 0 Å². The Morgan fingerprint density at radius 1 is 1.10 bits per heavy atom. The third-order valence-electron chi connectivity index (χ3n) is 5.89. The van der Waals surface area contributed by atoms with E-state index in [0.717, 1.165) is 29.8 Å². The molecule has 7 nitrogen and oxygen atoms in total. The van der Waals surface area contributed by atoms with Gasteiger partial charge in [-0.05, 0) is 55.2 Å². The molecule has 2 N–H and O–H groups in total. The third kappa shape index (κ3) is 4.66. The number of benzene rings is 2. The molecule has 2 saturated heterocycles. The van der Waals surface area contributed by atoms with Crippen LogP contribution in [0.25, 0.3) is 0 Å². The highest BCUT2D eigenvalue weighted by atomic mass is 16.2. The van der Waals surface area contributed by atoms with E-state index in [9.17, 15) is 19.2 Å². The predicted octanol–water partition coefficient (Wildman–Crippen LogP) is 2.51. The number of carbonyl (C=O) groups excluding carboxylic acids is 4. The van der Waals surface area contributed by atoms with Gasteiger partial charge < -0.3 is 10.2 Å². The van der Waals surface area contributed by atoms with Crippen LogP contribution >= 0.6 is 0 Å². The number of anilines is 1. The fourth-order valence-electron chi connectivity index (χ4n) is 4.08. The van der Waals surface area contributed by atoms with Gasteiger partial charge >= 0.3 is 0 Å². The van der Waals surface area contributed by atoms with Crippen molar-refractivity contribution in [2.75, 3.05) is 11.4 Å². The van der Waals surface area contributed by atoms with Crippen LogP contribution in [0.2, 0.25) is 0 Å². The van der Waals surface area contributed by atoms with Crippen LogP contribution in [-0.2, 0) is 20.8 Å². The Morgan fingerprint density at radius 3 is 2.39 bits per heavy atom. The van der Waals surface area contributed by atoms with Gasteiger partial charge in [-0.15, -0.1) is 0 Å². The summed E-state index contributed by atoms with van der Waals surface area (Å²) in [7, 11) is 0. The van der Waals surface area contributed by atoms with Gasteiger partial charge in [0.15, 0.2) is 0 Å². The summed E-state index contributed by atoms with van der Waals surface area (Å²) in [5.41, 5.74) is 3.28. The molecule has 2 aromatic rings. The molecule has 0 radical (unpaired) electrons. The molecule has 0 saturated carbocycles. The molecule has 2 aliphatic heterocycles. The van der Waals surface area contributed by atoms with Crippen LogP contribution in [0.1, 0.15) is 53.7 Å². The zero-order chi connectivity index (χ0) is 22.0. The Bertz CT molecular complexity index is 1010. The summed E-state index contributed by atoms with van der Waals surface area (Å²) in [5, 5.41) is 5.30. The molecule has 2 fully saturated rings. The molecule has 0 bridgehead atoms. The molecule has 0 aliphatic carbocycles. The van der Waals surface area contributed by atoms with E-state index in [1.165, 1.54) is 0 Å². The van der Waals surface area contributed by atoms with E-state index in [1.54, 1.807) is 17.0 Å². The Labute approximate surface area is 180 Å². The Kier molecular flexibility index (Phi) is 5.84. The van der Waals surface area contributed by atoms with E-state index < -0.39 is 0 Å². The van der Waals surface area contributed by atoms with Crippen molar-refractivity contribution >= 4 is 29.3 Å². The van der Waals surface area contributed by atoms with Crippen molar-refractivity contribution in [2.45, 2.75) is 38.6 Å². The fraction of sp³-hybridized carbons (Fsp3) is 0.333. The highest BCUT2D eigenvalue weighted by Gasteiger charge is 2.30. The molecule has 0 spiro atoms. The fourth-order valence-corrected chi connectivity index (χ4v) is 4.08. The van der Waals surface area contributed by atoms with Crippen molar-refractivity contribution in [2.24, 2.45) is 5.92 Å². The van der Waals surface area contributed by atoms with Gasteiger partial charge in [-0.3, -0.25) is 24.5 Å². The van der Waals surface area contributed by atoms with Crippen molar-refractivity contribution < 1.29 is 19.2 Å². The molecule has 2 aliphatic rings. The molecule has 2 aromatic carbocycles. The summed E-state index contributed by atoms with van der Waals surface area (Å²) in [6.07, 6.45) is 2.17. The number of nitrogens with one attached hydrogen (secondary N) is 2. The zero-order valence-electron chi connectivity index (χ0n) is 17.4. The Hall–Kier alpha value is -3.48. The lowest BCUT2D eigenvalue weighted by Gasteiger charge is -2.18. The van der Waals surface area contributed by atoms with Gasteiger partial charge in [0.25, 0.3) is 5.91 Å². The molecule has 2 atom stereocenters. The Balaban J connectivity index is 1.34. The van der Waals surface area contributed by atoms with Crippen LogP contribution in [0.3, 0.4) is 0 Å². The van der Waals surface area contributed by atoms with Gasteiger partial charge in [-0.2, -0.15) is 0 Å². The number of carbonyl (C=O) groups is 4. The van der Waals surface area contributed by atoms with Crippen molar-refractivity contribution in [3.05, 3.63) is 65.2 Å². The van der Waals surface area contributed by atoms with Gasteiger partial charge in [0.05, 0.1) is 12.0 Å². The molecule has 7 heteroatoms. The molecule has 2 heterocycles. The second-order valence-corrected chi connectivity index (χ2v) is 8.15. The van der Waals surface area contributed by atoms with E-state index in [4.69, 9.17) is 0 Å². The average Bonchev–Trinajstić information content (AvgIpc) is 3.32. The van der Waals surface area contributed by atoms with Gasteiger partial charge in [-0.1, -0.05) is 24.3 Å². The van der Waals surface area contributed by atoms with Crippen LogP contribution in [0.5, 0.6) is 0 Å². The summed E-state index contributed by atoms with van der Waals surface area (Å²) in [6.45, 7) is 2.67. The number of nitrogens with zero attached hydrogens (tertiary/aromatic N) is 1. The minimum absolute atomic E-state index is 0.151. The maximum Gasteiger partial charge on any atom is 0.251 e. The van der Waals surface area contributed by atoms with Gasteiger partial charge in [0.2, 0.25) is 17.7 Å². The maximum absolute atomic E-state index is 12.6. The first-order chi connectivity index (χ1) is 14.9. The Morgan fingerprint density at radius 2 is 1.81 bits per heavy atom. The lowest BCUT2D eigenvalue weighted by atomic mass is 9.97. The molecule has 0 aromatic heterocycles. The van der Waals surface area contributed by atoms with E-state index in [-0.39, 0.29) is 42.0 Å². The third-order valence-corrected chi connectivity index (χ3v) is 5.89. The van der Waals surface area contributed by atoms with Crippen molar-refractivity contribution in [1.82, 2.24) is 10.6 Å². The summed E-state index contributed by atoms with van der Waals surface area (Å²) >= 11 is 0. The summed E-state index contributed by atoms with van der Waals surface area (Å²) < 4.78 is 0. The zero-order valence-corrected chi connectivity index (χ0v) is 17.4. The first kappa shape index (κ1) is 20.8. The highest BCUT2D eigenvalue weighted by Crippen LogP contribution is 2.24. The number of rotatable bonds is 6. The van der Waals surface area contributed by atoms with Crippen LogP contribution in [0.4, 0.5) is 5.69 Å². The molecule has 31 heavy (non-hydrogen) atoms. The maximum atomic E-state index is 12.6. The standard InChI is InChI=1S/C24H25N3O4/c1-15(17-8-10-20(11-9-17)27-12-2-3-22(27)29)25-23(30)18-6-4-16(5-7-18)13-19-14-21(28)26-24(19)31/h4-11,15,19H,2-3,12-14H2,1H3,(H,25,30)(H,26,28,31). The van der Waals surface area contributed by atoms with E-state index in [0.29, 0.717) is 18.4 Å². The average molecular weight is 419 g/mol. The second kappa shape index (κ2) is 8.71. The molecular weight excluding hydrogens is 394 g/mol. The lowest BCUT2D eigenvalue weighted by molar-refractivity contribution is -0.125. The first-order valence-corrected chi connectivity index (χ1v) is 10.5. The van der Waals surface area contributed by atoms with Crippen molar-refractivity contribution in [1.29, 1.82) is 0 Å². The van der Waals surface area contributed by atoms with Gasteiger partial charge in [-0.25, -0.2) is 0 Å². The largest absolute Gasteiger partial charge is 0.346 e. The number of imide groups is 1. The van der Waals surface area contributed by atoms with Crippen LogP contribution < -0.4 is 15.5 Å². The van der Waals surface area contributed by atoms with Gasteiger partial charge in [0, 0.05) is 30.6 Å². The summed E-state index contributed by atoms with van der Waals surface area (Å²) in [5.74, 6) is -0.851. The molecule has 2 unspecified atom stereocenters. The quantitative estimate of drug-likeness (QED) is 0.704. The number of amides is 4. The number of hydrogen-bond donors (Lipinski definition) is 2.